The predicted octanol–water partition coefficient (Wildman–Crippen LogP) is 5.45. The number of hydrogen-bond acceptors (Lipinski definition) is 5. The van der Waals surface area contributed by atoms with Crippen molar-refractivity contribution in [2.45, 2.75) is 52.4 Å². The number of amides is 1. The summed E-state index contributed by atoms with van der Waals surface area (Å²) >= 11 is 0. The van der Waals surface area contributed by atoms with Gasteiger partial charge in [-0.25, -0.2) is 8.42 Å². The Hall–Kier alpha value is -3.23. The molecule has 1 saturated heterocycles. The summed E-state index contributed by atoms with van der Waals surface area (Å²) in [7, 11) is -2.18. The van der Waals surface area contributed by atoms with Gasteiger partial charge in [-0.1, -0.05) is 41.1 Å². The molecule has 4 rings (SSSR count). The van der Waals surface area contributed by atoms with Crippen LogP contribution in [0.25, 0.3) is 12.2 Å². The number of anilines is 1. The van der Waals surface area contributed by atoms with E-state index in [9.17, 15) is 13.2 Å². The standard InChI is InChI=1S/C29H35N3O4S/c1-19-9-7-11-25(17-19)31(6)29(33)24-10-8-14-32(18-24)37(34,35)28-23(5)30-36-27(28)13-12-26-21(3)15-20(2)16-22(26)4/h7,9,11-13,15-17,24H,8,10,14,18H2,1-6H3/b13-12+/t24-/m0/s1. The fraction of sp³-hybridized carbons (Fsp3) is 0.379. The van der Waals surface area contributed by atoms with Crippen LogP contribution in [0.4, 0.5) is 5.69 Å². The number of carbonyl (C=O) groups excluding carboxylic acids is 1. The maximum absolute atomic E-state index is 13.8. The molecule has 1 fully saturated rings. The quantitative estimate of drug-likeness (QED) is 0.431. The summed E-state index contributed by atoms with van der Waals surface area (Å²) in [6.45, 7) is 10.2. The summed E-state index contributed by atoms with van der Waals surface area (Å²) < 4.78 is 34.5. The number of benzene rings is 2. The van der Waals surface area contributed by atoms with E-state index in [4.69, 9.17) is 4.52 Å². The molecule has 1 atom stereocenters. The molecule has 1 amide bonds. The van der Waals surface area contributed by atoms with E-state index < -0.39 is 15.9 Å². The van der Waals surface area contributed by atoms with Crippen molar-refractivity contribution in [1.29, 1.82) is 0 Å². The molecule has 3 aromatic rings. The molecular formula is C29H35N3O4S. The molecule has 0 saturated carbocycles. The van der Waals surface area contributed by atoms with E-state index >= 15 is 0 Å². The van der Waals surface area contributed by atoms with Gasteiger partial charge in [0.25, 0.3) is 0 Å². The molecule has 1 aliphatic heterocycles. The zero-order chi connectivity index (χ0) is 26.9. The smallest absolute Gasteiger partial charge is 0.248 e. The monoisotopic (exact) mass is 521 g/mol. The van der Waals surface area contributed by atoms with Crippen molar-refractivity contribution >= 4 is 33.8 Å². The molecule has 0 radical (unpaired) electrons. The maximum atomic E-state index is 13.8. The number of piperidine rings is 1. The Morgan fingerprint density at radius 3 is 2.43 bits per heavy atom. The van der Waals surface area contributed by atoms with Gasteiger partial charge in [0.1, 0.15) is 5.69 Å². The maximum Gasteiger partial charge on any atom is 0.248 e. The van der Waals surface area contributed by atoms with Crippen molar-refractivity contribution in [3.8, 4) is 0 Å². The Morgan fingerprint density at radius 1 is 1.05 bits per heavy atom. The average molecular weight is 522 g/mol. The molecule has 0 unspecified atom stereocenters. The van der Waals surface area contributed by atoms with E-state index in [0.717, 1.165) is 27.9 Å². The third-order valence-corrected chi connectivity index (χ3v) is 9.05. The fourth-order valence-corrected chi connectivity index (χ4v) is 6.91. The summed E-state index contributed by atoms with van der Waals surface area (Å²) in [4.78, 5) is 15.0. The minimum atomic E-state index is -3.92. The third-order valence-electron chi connectivity index (χ3n) is 7.02. The van der Waals surface area contributed by atoms with Crippen molar-refractivity contribution in [1.82, 2.24) is 9.46 Å². The molecule has 1 aliphatic rings. The van der Waals surface area contributed by atoms with Crippen LogP contribution < -0.4 is 4.90 Å². The lowest BCUT2D eigenvalue weighted by atomic mass is 9.98. The van der Waals surface area contributed by atoms with Crippen molar-refractivity contribution in [2.75, 3.05) is 25.0 Å². The minimum Gasteiger partial charge on any atom is -0.355 e. The molecule has 0 bridgehead atoms. The van der Waals surface area contributed by atoms with Gasteiger partial charge in [-0.05, 0) is 87.9 Å². The van der Waals surface area contributed by atoms with E-state index in [1.807, 2.05) is 58.0 Å². The second kappa shape index (κ2) is 10.6. The highest BCUT2D eigenvalue weighted by molar-refractivity contribution is 7.89. The van der Waals surface area contributed by atoms with Crippen LogP contribution in [0.5, 0.6) is 0 Å². The van der Waals surface area contributed by atoms with Crippen molar-refractivity contribution < 1.29 is 17.7 Å². The molecule has 0 aliphatic carbocycles. The highest BCUT2D eigenvalue weighted by atomic mass is 32.2. The van der Waals surface area contributed by atoms with Gasteiger partial charge in [-0.15, -0.1) is 0 Å². The Kier molecular flexibility index (Phi) is 7.71. The molecule has 2 aromatic carbocycles. The van der Waals surface area contributed by atoms with E-state index in [-0.39, 0.29) is 23.1 Å². The summed E-state index contributed by atoms with van der Waals surface area (Å²) in [6, 6.07) is 11.9. The summed E-state index contributed by atoms with van der Waals surface area (Å²) in [6.07, 6.45) is 4.80. The average Bonchev–Trinajstić information content (AvgIpc) is 3.23. The molecule has 2 heterocycles. The normalized spacial score (nSPS) is 16.9. The number of sulfonamides is 1. The molecule has 1 aromatic heterocycles. The Morgan fingerprint density at radius 2 is 1.76 bits per heavy atom. The van der Waals surface area contributed by atoms with Gasteiger partial charge >= 0.3 is 0 Å². The molecule has 7 nitrogen and oxygen atoms in total. The van der Waals surface area contributed by atoms with Gasteiger partial charge in [0.15, 0.2) is 10.7 Å². The van der Waals surface area contributed by atoms with Crippen LogP contribution in [0, 0.1) is 40.5 Å². The lowest BCUT2D eigenvalue weighted by Gasteiger charge is -2.33. The Bertz CT molecular complexity index is 1430. The first-order valence-electron chi connectivity index (χ1n) is 12.6. The first-order valence-corrected chi connectivity index (χ1v) is 14.0. The highest BCUT2D eigenvalue weighted by Crippen LogP contribution is 2.31. The lowest BCUT2D eigenvalue weighted by Crippen LogP contribution is -2.46. The molecule has 37 heavy (non-hydrogen) atoms. The predicted molar refractivity (Wildman–Crippen MR) is 147 cm³/mol. The molecule has 0 spiro atoms. The van der Waals surface area contributed by atoms with Gasteiger partial charge in [-0.3, -0.25) is 4.79 Å². The number of hydrogen-bond donors (Lipinski definition) is 0. The first-order chi connectivity index (χ1) is 17.5. The van der Waals surface area contributed by atoms with Crippen molar-refractivity contribution in [2.24, 2.45) is 5.92 Å². The second-order valence-electron chi connectivity index (χ2n) is 10.0. The summed E-state index contributed by atoms with van der Waals surface area (Å²) in [5.74, 6) is -0.314. The topological polar surface area (TPSA) is 83.7 Å². The number of rotatable bonds is 6. The van der Waals surface area contributed by atoms with E-state index in [2.05, 4.69) is 17.3 Å². The highest BCUT2D eigenvalue weighted by Gasteiger charge is 2.37. The number of aromatic nitrogens is 1. The van der Waals surface area contributed by atoms with E-state index in [1.54, 1.807) is 24.9 Å². The molecule has 8 heteroatoms. The van der Waals surface area contributed by atoms with Crippen LogP contribution in [0.2, 0.25) is 0 Å². The lowest BCUT2D eigenvalue weighted by molar-refractivity contribution is -0.123. The molecule has 196 valence electrons. The van der Waals surface area contributed by atoms with Crippen LogP contribution in [0.3, 0.4) is 0 Å². The second-order valence-corrected chi connectivity index (χ2v) is 11.9. The van der Waals surface area contributed by atoms with E-state index in [1.165, 1.54) is 9.87 Å². The van der Waals surface area contributed by atoms with Gasteiger partial charge in [0.05, 0.1) is 5.92 Å². The third kappa shape index (κ3) is 5.55. The number of carbonyl (C=O) groups is 1. The van der Waals surface area contributed by atoms with Gasteiger partial charge < -0.3 is 9.42 Å². The summed E-state index contributed by atoms with van der Waals surface area (Å²) in [5.41, 5.74) is 6.56. The number of aryl methyl sites for hydroxylation is 5. The Labute approximate surface area is 219 Å². The van der Waals surface area contributed by atoms with Crippen molar-refractivity contribution in [3.05, 3.63) is 75.7 Å². The largest absolute Gasteiger partial charge is 0.355 e. The van der Waals surface area contributed by atoms with Crippen LogP contribution in [0.1, 0.15) is 52.1 Å². The van der Waals surface area contributed by atoms with Gasteiger partial charge in [0.2, 0.25) is 15.9 Å². The molecule has 0 N–H and O–H groups in total. The van der Waals surface area contributed by atoms with Crippen LogP contribution >= 0.6 is 0 Å². The van der Waals surface area contributed by atoms with Crippen LogP contribution in [-0.4, -0.2) is 43.9 Å². The molecular weight excluding hydrogens is 486 g/mol. The van der Waals surface area contributed by atoms with Crippen LogP contribution in [-0.2, 0) is 14.8 Å². The number of nitrogens with zero attached hydrogens (tertiary/aromatic N) is 3. The fourth-order valence-electron chi connectivity index (χ4n) is 5.14. The Balaban J connectivity index is 1.59. The van der Waals surface area contributed by atoms with Crippen LogP contribution in [0.15, 0.2) is 45.8 Å². The SMILES string of the molecule is Cc1cccc(N(C)C(=O)[C@H]2CCCN(S(=O)(=O)c3c(C)noc3/C=C/c3c(C)cc(C)cc3C)C2)c1. The zero-order valence-corrected chi connectivity index (χ0v) is 23.2. The first kappa shape index (κ1) is 26.8. The van der Waals surface area contributed by atoms with E-state index in [0.29, 0.717) is 25.1 Å². The van der Waals surface area contributed by atoms with Gasteiger partial charge in [-0.2, -0.15) is 4.31 Å². The minimum absolute atomic E-state index is 0.0614. The zero-order valence-electron chi connectivity index (χ0n) is 22.4. The van der Waals surface area contributed by atoms with Crippen molar-refractivity contribution in [3.63, 3.8) is 0 Å². The van der Waals surface area contributed by atoms with Gasteiger partial charge in [0, 0.05) is 25.8 Å². The summed E-state index contributed by atoms with van der Waals surface area (Å²) in [5, 5.41) is 3.97.